The number of rotatable bonds is 6. The second-order valence-electron chi connectivity index (χ2n) is 6.02. The van der Waals surface area contributed by atoms with E-state index in [1.54, 1.807) is 43.5 Å². The summed E-state index contributed by atoms with van der Waals surface area (Å²) in [5.74, 6) is 0.487. The van der Waals surface area contributed by atoms with Gasteiger partial charge in [0.2, 0.25) is 0 Å². The summed E-state index contributed by atoms with van der Waals surface area (Å²) in [6.45, 7) is 0.368. The maximum Gasteiger partial charge on any atom is 0.323 e. The summed E-state index contributed by atoms with van der Waals surface area (Å²) in [7, 11) is 1.61. The maximum absolute atomic E-state index is 12.6. The summed E-state index contributed by atoms with van der Waals surface area (Å²) in [6, 6.07) is 23.0. The zero-order chi connectivity index (χ0) is 19.8. The molecule has 3 rings (SSSR count). The number of hydrogen-bond acceptors (Lipinski definition) is 3. The first kappa shape index (κ1) is 19.0. The van der Waals surface area contributed by atoms with Gasteiger partial charge in [-0.05, 0) is 42.0 Å². The van der Waals surface area contributed by atoms with Crippen molar-refractivity contribution in [3.05, 3.63) is 90.0 Å². The van der Waals surface area contributed by atoms with Gasteiger partial charge in [0.05, 0.1) is 18.4 Å². The minimum absolute atomic E-state index is 0.272. The Morgan fingerprint density at radius 1 is 0.821 bits per heavy atom. The number of benzene rings is 3. The Hall–Kier alpha value is -3.80. The molecule has 0 bridgehead atoms. The van der Waals surface area contributed by atoms with Crippen LogP contribution >= 0.6 is 0 Å². The Morgan fingerprint density at radius 2 is 1.50 bits per heavy atom. The van der Waals surface area contributed by atoms with Crippen LogP contribution in [0.1, 0.15) is 15.9 Å². The second-order valence-corrected chi connectivity index (χ2v) is 6.02. The molecule has 0 atom stereocenters. The van der Waals surface area contributed by atoms with Crippen molar-refractivity contribution in [1.29, 1.82) is 0 Å². The molecule has 3 aromatic rings. The van der Waals surface area contributed by atoms with E-state index < -0.39 is 6.03 Å². The smallest absolute Gasteiger partial charge is 0.323 e. The SMILES string of the molecule is COc1ccc(CNC(=O)c2ccccc2NC(=O)Nc2ccccc2)cc1. The van der Waals surface area contributed by atoms with E-state index in [1.165, 1.54) is 0 Å². The zero-order valence-corrected chi connectivity index (χ0v) is 15.4. The van der Waals surface area contributed by atoms with E-state index in [0.717, 1.165) is 11.3 Å². The van der Waals surface area contributed by atoms with Crippen LogP contribution in [0.2, 0.25) is 0 Å². The fourth-order valence-electron chi connectivity index (χ4n) is 2.62. The molecule has 6 nitrogen and oxygen atoms in total. The van der Waals surface area contributed by atoms with Crippen LogP contribution in [0.15, 0.2) is 78.9 Å². The summed E-state index contributed by atoms with van der Waals surface area (Å²) < 4.78 is 5.13. The average Bonchev–Trinajstić information content (AvgIpc) is 2.73. The van der Waals surface area contributed by atoms with Gasteiger partial charge in [0.15, 0.2) is 0 Å². The predicted octanol–water partition coefficient (Wildman–Crippen LogP) is 4.27. The lowest BCUT2D eigenvalue weighted by atomic mass is 10.1. The van der Waals surface area contributed by atoms with Crippen LogP contribution in [0.4, 0.5) is 16.2 Å². The Kier molecular flexibility index (Phi) is 6.25. The Bertz CT molecular complexity index is 941. The zero-order valence-electron chi connectivity index (χ0n) is 15.4. The van der Waals surface area contributed by atoms with Crippen molar-refractivity contribution in [3.63, 3.8) is 0 Å². The standard InChI is InChI=1S/C22H21N3O3/c1-28-18-13-11-16(12-14-18)15-23-21(26)19-9-5-6-10-20(19)25-22(27)24-17-7-3-2-4-8-17/h2-14H,15H2,1H3,(H,23,26)(H2,24,25,27). The molecule has 0 saturated carbocycles. The summed E-state index contributed by atoms with van der Waals surface area (Å²) in [5.41, 5.74) is 2.44. The third-order valence-corrected chi connectivity index (χ3v) is 4.06. The van der Waals surface area contributed by atoms with Crippen LogP contribution in [0.5, 0.6) is 5.75 Å². The highest BCUT2D eigenvalue weighted by molar-refractivity contribution is 6.06. The number of nitrogens with one attached hydrogen (secondary N) is 3. The number of amides is 3. The molecule has 0 aliphatic rings. The number of carbonyl (C=O) groups excluding carboxylic acids is 2. The third kappa shape index (κ3) is 5.11. The maximum atomic E-state index is 12.6. The van der Waals surface area contributed by atoms with Gasteiger partial charge in [0.1, 0.15) is 5.75 Å². The second kappa shape index (κ2) is 9.23. The number of carbonyl (C=O) groups is 2. The molecule has 3 amide bonds. The molecule has 0 aliphatic carbocycles. The van der Waals surface area contributed by atoms with E-state index in [9.17, 15) is 9.59 Å². The highest BCUT2D eigenvalue weighted by atomic mass is 16.5. The van der Waals surface area contributed by atoms with Crippen molar-refractivity contribution in [2.75, 3.05) is 17.7 Å². The van der Waals surface area contributed by atoms with E-state index in [4.69, 9.17) is 4.74 Å². The lowest BCUT2D eigenvalue weighted by molar-refractivity contribution is 0.0952. The number of urea groups is 1. The fourth-order valence-corrected chi connectivity index (χ4v) is 2.62. The van der Waals surface area contributed by atoms with E-state index in [-0.39, 0.29) is 5.91 Å². The van der Waals surface area contributed by atoms with Gasteiger partial charge in [-0.2, -0.15) is 0 Å². The number of hydrogen-bond donors (Lipinski definition) is 3. The van der Waals surface area contributed by atoms with Gasteiger partial charge in [-0.15, -0.1) is 0 Å². The minimum Gasteiger partial charge on any atom is -0.497 e. The van der Waals surface area contributed by atoms with E-state index in [0.29, 0.717) is 23.5 Å². The molecule has 0 saturated heterocycles. The Labute approximate surface area is 163 Å². The molecule has 142 valence electrons. The number of ether oxygens (including phenoxy) is 1. The average molecular weight is 375 g/mol. The van der Waals surface area contributed by atoms with Gasteiger partial charge in [-0.3, -0.25) is 4.79 Å². The van der Waals surface area contributed by atoms with Crippen LogP contribution in [-0.4, -0.2) is 19.0 Å². The largest absolute Gasteiger partial charge is 0.497 e. The first-order chi connectivity index (χ1) is 13.7. The lowest BCUT2D eigenvalue weighted by Crippen LogP contribution is -2.26. The van der Waals surface area contributed by atoms with E-state index >= 15 is 0 Å². The van der Waals surface area contributed by atoms with Crippen molar-refractivity contribution < 1.29 is 14.3 Å². The van der Waals surface area contributed by atoms with E-state index in [2.05, 4.69) is 16.0 Å². The monoisotopic (exact) mass is 375 g/mol. The van der Waals surface area contributed by atoms with Crippen molar-refractivity contribution in [3.8, 4) is 5.75 Å². The van der Waals surface area contributed by atoms with Crippen LogP contribution < -0.4 is 20.7 Å². The van der Waals surface area contributed by atoms with Crippen LogP contribution in [0.25, 0.3) is 0 Å². The highest BCUT2D eigenvalue weighted by Crippen LogP contribution is 2.17. The lowest BCUT2D eigenvalue weighted by Gasteiger charge is -2.12. The van der Waals surface area contributed by atoms with Gasteiger partial charge < -0.3 is 20.7 Å². The minimum atomic E-state index is -0.415. The number of para-hydroxylation sites is 2. The number of methoxy groups -OCH3 is 1. The quantitative estimate of drug-likeness (QED) is 0.602. The van der Waals surface area contributed by atoms with Crippen molar-refractivity contribution in [2.24, 2.45) is 0 Å². The van der Waals surface area contributed by atoms with Crippen LogP contribution in [-0.2, 0) is 6.54 Å². The van der Waals surface area contributed by atoms with E-state index in [1.807, 2.05) is 42.5 Å². The van der Waals surface area contributed by atoms with Gasteiger partial charge in [-0.25, -0.2) is 4.79 Å². The normalized spacial score (nSPS) is 10.0. The topological polar surface area (TPSA) is 79.5 Å². The predicted molar refractivity (Wildman–Crippen MR) is 110 cm³/mol. The Balaban J connectivity index is 1.63. The molecular formula is C22H21N3O3. The summed E-state index contributed by atoms with van der Waals surface area (Å²) in [5, 5.41) is 8.32. The third-order valence-electron chi connectivity index (χ3n) is 4.06. The van der Waals surface area contributed by atoms with Gasteiger partial charge in [0.25, 0.3) is 5.91 Å². The molecule has 0 heterocycles. The summed E-state index contributed by atoms with van der Waals surface area (Å²) >= 11 is 0. The fraction of sp³-hybridized carbons (Fsp3) is 0.0909. The summed E-state index contributed by atoms with van der Waals surface area (Å²) in [4.78, 5) is 24.8. The molecule has 0 aliphatic heterocycles. The molecular weight excluding hydrogens is 354 g/mol. The molecule has 3 N–H and O–H groups in total. The molecule has 0 unspecified atom stereocenters. The van der Waals surface area contributed by atoms with Crippen molar-refractivity contribution in [1.82, 2.24) is 5.32 Å². The van der Waals surface area contributed by atoms with Gasteiger partial charge >= 0.3 is 6.03 Å². The van der Waals surface area contributed by atoms with Crippen molar-refractivity contribution in [2.45, 2.75) is 6.54 Å². The molecule has 3 aromatic carbocycles. The number of anilines is 2. The molecule has 6 heteroatoms. The molecule has 0 fully saturated rings. The Morgan fingerprint density at radius 3 is 2.21 bits per heavy atom. The highest BCUT2D eigenvalue weighted by Gasteiger charge is 2.13. The molecule has 28 heavy (non-hydrogen) atoms. The first-order valence-corrected chi connectivity index (χ1v) is 8.79. The molecule has 0 aromatic heterocycles. The molecule has 0 radical (unpaired) electrons. The van der Waals surface area contributed by atoms with Crippen LogP contribution in [0, 0.1) is 0 Å². The van der Waals surface area contributed by atoms with Crippen LogP contribution in [0.3, 0.4) is 0 Å². The first-order valence-electron chi connectivity index (χ1n) is 8.79. The van der Waals surface area contributed by atoms with Gasteiger partial charge in [-0.1, -0.05) is 42.5 Å². The molecule has 0 spiro atoms. The summed E-state index contributed by atoms with van der Waals surface area (Å²) in [6.07, 6.45) is 0. The van der Waals surface area contributed by atoms with Gasteiger partial charge in [0, 0.05) is 12.2 Å². The van der Waals surface area contributed by atoms with Crippen molar-refractivity contribution >= 4 is 23.3 Å².